The van der Waals surface area contributed by atoms with E-state index in [2.05, 4.69) is 42.5 Å². The molecule has 150 valence electrons. The van der Waals surface area contributed by atoms with Crippen molar-refractivity contribution in [2.24, 2.45) is 0 Å². The molecule has 1 fully saturated rings. The Hall–Kier alpha value is -2.49. The zero-order valence-electron chi connectivity index (χ0n) is 15.3. The predicted octanol–water partition coefficient (Wildman–Crippen LogP) is 1.86. The van der Waals surface area contributed by atoms with Gasteiger partial charge in [0.2, 0.25) is 5.95 Å². The lowest BCUT2D eigenvalue weighted by Crippen LogP contribution is -2.51. The first-order valence-electron chi connectivity index (χ1n) is 8.62. The molecule has 3 heterocycles. The smallest absolute Gasteiger partial charge is 0.245 e. The molecule has 1 aliphatic rings. The molecule has 1 saturated heterocycles. The summed E-state index contributed by atoms with van der Waals surface area (Å²) in [5.41, 5.74) is 1.76. The Morgan fingerprint density at radius 3 is 2.61 bits per heavy atom. The van der Waals surface area contributed by atoms with Gasteiger partial charge in [-0.25, -0.2) is 4.98 Å². The number of aromatic hydroxyl groups is 1. The average Bonchev–Trinajstić information content (AvgIpc) is 3.23. The van der Waals surface area contributed by atoms with Gasteiger partial charge >= 0.3 is 0 Å². The monoisotopic (exact) mass is 424 g/mol. The van der Waals surface area contributed by atoms with Crippen molar-refractivity contribution >= 4 is 30.8 Å². The Morgan fingerprint density at radius 1 is 1.18 bits per heavy atom. The van der Waals surface area contributed by atoms with Gasteiger partial charge in [0, 0.05) is 37.3 Å². The van der Waals surface area contributed by atoms with Crippen LogP contribution in [0.1, 0.15) is 13.3 Å². The number of benzene rings is 1. The predicted molar refractivity (Wildman–Crippen MR) is 111 cm³/mol. The minimum Gasteiger partial charge on any atom is -0.507 e. The van der Waals surface area contributed by atoms with Crippen LogP contribution in [0, 0.1) is 0 Å². The Labute approximate surface area is 175 Å². The number of anilines is 1. The molecule has 0 saturated carbocycles. The van der Waals surface area contributed by atoms with Gasteiger partial charge in [0.1, 0.15) is 11.4 Å². The van der Waals surface area contributed by atoms with Crippen molar-refractivity contribution in [2.45, 2.75) is 19.4 Å². The quantitative estimate of drug-likeness (QED) is 0.653. The number of phenols is 1. The van der Waals surface area contributed by atoms with E-state index in [0.717, 1.165) is 26.1 Å². The summed E-state index contributed by atoms with van der Waals surface area (Å²) in [6.07, 6.45) is 5.87. The van der Waals surface area contributed by atoms with Gasteiger partial charge < -0.3 is 15.3 Å². The standard InChI is InChI=1S/C17H20N8O.2ClH/c1-2-12-11-24(8-7-18-12)17-19-10-15(22-23-17)14-4-3-13(9-16(14)26)25-20-5-6-21-25;;/h3-6,9-10,12,18,26H,2,7-8,11H2,1H3;2*1H/t12-;;/m0../s1. The highest BCUT2D eigenvalue weighted by Crippen LogP contribution is 2.29. The largest absolute Gasteiger partial charge is 0.507 e. The second kappa shape index (κ2) is 9.63. The van der Waals surface area contributed by atoms with E-state index in [1.807, 2.05) is 6.07 Å². The van der Waals surface area contributed by atoms with Gasteiger partial charge in [-0.05, 0) is 18.6 Å². The minimum absolute atomic E-state index is 0. The fraction of sp³-hybridized carbons (Fsp3) is 0.353. The van der Waals surface area contributed by atoms with Crippen LogP contribution >= 0.6 is 24.8 Å². The molecule has 0 spiro atoms. The molecule has 9 nitrogen and oxygen atoms in total. The van der Waals surface area contributed by atoms with Gasteiger partial charge in [-0.3, -0.25) is 0 Å². The minimum atomic E-state index is 0. The Kier molecular flexibility index (Phi) is 7.50. The van der Waals surface area contributed by atoms with Crippen LogP contribution in [0.5, 0.6) is 5.75 Å². The molecule has 0 unspecified atom stereocenters. The maximum absolute atomic E-state index is 10.3. The molecule has 2 N–H and O–H groups in total. The van der Waals surface area contributed by atoms with Gasteiger partial charge in [-0.1, -0.05) is 6.92 Å². The second-order valence-corrected chi connectivity index (χ2v) is 6.17. The van der Waals surface area contributed by atoms with Gasteiger partial charge in [-0.15, -0.1) is 35.0 Å². The van der Waals surface area contributed by atoms with E-state index in [1.54, 1.807) is 30.7 Å². The number of rotatable bonds is 4. The summed E-state index contributed by atoms with van der Waals surface area (Å²) in [5.74, 6) is 0.697. The normalized spacial score (nSPS) is 16.2. The molecule has 28 heavy (non-hydrogen) atoms. The van der Waals surface area contributed by atoms with Crippen molar-refractivity contribution in [3.05, 3.63) is 36.8 Å². The van der Waals surface area contributed by atoms with E-state index in [4.69, 9.17) is 0 Å². The van der Waals surface area contributed by atoms with Crippen LogP contribution in [0.25, 0.3) is 16.9 Å². The number of halogens is 2. The summed E-state index contributed by atoms with van der Waals surface area (Å²) in [6.45, 7) is 4.80. The number of piperazine rings is 1. The first kappa shape index (κ1) is 21.8. The third kappa shape index (κ3) is 4.49. The van der Waals surface area contributed by atoms with Crippen molar-refractivity contribution in [2.75, 3.05) is 24.5 Å². The van der Waals surface area contributed by atoms with Crippen LogP contribution in [0.3, 0.4) is 0 Å². The Morgan fingerprint density at radius 2 is 1.96 bits per heavy atom. The first-order valence-corrected chi connectivity index (χ1v) is 8.62. The summed E-state index contributed by atoms with van der Waals surface area (Å²) in [6, 6.07) is 5.61. The molecule has 1 atom stereocenters. The zero-order valence-corrected chi connectivity index (χ0v) is 16.9. The van der Waals surface area contributed by atoms with E-state index in [1.165, 1.54) is 4.80 Å². The highest BCUT2D eigenvalue weighted by molar-refractivity contribution is 5.85. The molecule has 0 aliphatic carbocycles. The number of hydrogen-bond donors (Lipinski definition) is 2. The van der Waals surface area contributed by atoms with Gasteiger partial charge in [0.05, 0.1) is 24.3 Å². The SMILES string of the molecule is CC[C@H]1CN(c2ncc(-c3ccc(-n4nccn4)cc3O)nn2)CCN1.Cl.Cl. The summed E-state index contributed by atoms with van der Waals surface area (Å²) in [7, 11) is 0. The Balaban J connectivity index is 0.00000140. The Bertz CT molecular complexity index is 875. The second-order valence-electron chi connectivity index (χ2n) is 6.17. The summed E-state index contributed by atoms with van der Waals surface area (Å²) < 4.78 is 0. The third-order valence-corrected chi connectivity index (χ3v) is 4.49. The van der Waals surface area contributed by atoms with Crippen molar-refractivity contribution in [3.8, 4) is 22.7 Å². The number of nitrogens with zero attached hydrogens (tertiary/aromatic N) is 7. The summed E-state index contributed by atoms with van der Waals surface area (Å²) in [4.78, 5) is 8.01. The number of nitrogens with one attached hydrogen (secondary N) is 1. The van der Waals surface area contributed by atoms with Gasteiger partial charge in [-0.2, -0.15) is 15.0 Å². The average molecular weight is 425 g/mol. The highest BCUT2D eigenvalue weighted by atomic mass is 35.5. The lowest BCUT2D eigenvalue weighted by molar-refractivity contribution is 0.442. The van der Waals surface area contributed by atoms with E-state index in [-0.39, 0.29) is 30.6 Å². The first-order chi connectivity index (χ1) is 12.7. The third-order valence-electron chi connectivity index (χ3n) is 4.49. The van der Waals surface area contributed by atoms with E-state index in [9.17, 15) is 5.11 Å². The van der Waals surface area contributed by atoms with E-state index < -0.39 is 0 Å². The summed E-state index contributed by atoms with van der Waals surface area (Å²) >= 11 is 0. The number of hydrogen-bond acceptors (Lipinski definition) is 8. The molecule has 3 aromatic rings. The number of aromatic nitrogens is 6. The maximum atomic E-state index is 10.3. The molecular formula is C17H22Cl2N8O. The van der Waals surface area contributed by atoms with Crippen LogP contribution in [0.2, 0.25) is 0 Å². The van der Waals surface area contributed by atoms with Crippen LogP contribution in [-0.4, -0.2) is 61.0 Å². The molecular weight excluding hydrogens is 403 g/mol. The fourth-order valence-electron chi connectivity index (χ4n) is 3.03. The molecule has 1 aromatic carbocycles. The van der Waals surface area contributed by atoms with Crippen molar-refractivity contribution in [3.63, 3.8) is 0 Å². The van der Waals surface area contributed by atoms with Crippen LogP contribution < -0.4 is 10.2 Å². The van der Waals surface area contributed by atoms with Crippen molar-refractivity contribution in [1.82, 2.24) is 35.5 Å². The molecule has 11 heteroatoms. The van der Waals surface area contributed by atoms with Crippen LogP contribution in [0.15, 0.2) is 36.8 Å². The van der Waals surface area contributed by atoms with Gasteiger partial charge in [0.15, 0.2) is 0 Å². The molecule has 4 rings (SSSR count). The highest BCUT2D eigenvalue weighted by Gasteiger charge is 2.20. The lowest BCUT2D eigenvalue weighted by Gasteiger charge is -2.32. The van der Waals surface area contributed by atoms with E-state index in [0.29, 0.717) is 28.9 Å². The topological polar surface area (TPSA) is 105 Å². The number of phenolic OH excluding ortho intramolecular Hbond substituents is 1. The zero-order chi connectivity index (χ0) is 17.9. The van der Waals surface area contributed by atoms with Crippen LogP contribution in [0.4, 0.5) is 5.95 Å². The van der Waals surface area contributed by atoms with Gasteiger partial charge in [0.25, 0.3) is 0 Å². The molecule has 0 radical (unpaired) electrons. The lowest BCUT2D eigenvalue weighted by atomic mass is 10.1. The fourth-order valence-corrected chi connectivity index (χ4v) is 3.03. The summed E-state index contributed by atoms with van der Waals surface area (Å²) in [5, 5.41) is 30.4. The molecule has 2 aromatic heterocycles. The van der Waals surface area contributed by atoms with Crippen molar-refractivity contribution < 1.29 is 5.11 Å². The molecule has 0 bridgehead atoms. The maximum Gasteiger partial charge on any atom is 0.245 e. The van der Waals surface area contributed by atoms with E-state index >= 15 is 0 Å². The molecule has 0 amide bonds. The van der Waals surface area contributed by atoms with Crippen molar-refractivity contribution in [1.29, 1.82) is 0 Å². The van der Waals surface area contributed by atoms with Crippen LogP contribution in [-0.2, 0) is 0 Å². The molecule has 1 aliphatic heterocycles.